The zero-order valence-corrected chi connectivity index (χ0v) is 8.40. The van der Waals surface area contributed by atoms with Crippen LogP contribution in [0.1, 0.15) is 6.92 Å². The van der Waals surface area contributed by atoms with Gasteiger partial charge in [0, 0.05) is 20.3 Å². The van der Waals surface area contributed by atoms with Crippen LogP contribution in [-0.4, -0.2) is 38.8 Å². The molecule has 0 saturated carbocycles. The largest absolute Gasteiger partial charge is 0.381 e. The summed E-state index contributed by atoms with van der Waals surface area (Å²) in [6.45, 7) is 5.90. The van der Waals surface area contributed by atoms with Crippen LogP contribution in [-0.2, 0) is 14.2 Å². The highest BCUT2D eigenvalue weighted by atomic mass is 16.7. The predicted octanol–water partition coefficient (Wildman–Crippen LogP) is 0.170. The van der Waals surface area contributed by atoms with Crippen molar-refractivity contribution in [3.63, 3.8) is 0 Å². The summed E-state index contributed by atoms with van der Waals surface area (Å²) in [6.07, 6.45) is -0.456. The molecule has 0 bridgehead atoms. The number of rotatable bonds is 2. The zero-order chi connectivity index (χ0) is 10.0. The molecule has 0 spiro atoms. The van der Waals surface area contributed by atoms with E-state index in [2.05, 4.69) is 6.92 Å². The fourth-order valence-electron chi connectivity index (χ4n) is 1.73. The van der Waals surface area contributed by atoms with Crippen molar-refractivity contribution in [1.82, 2.24) is 0 Å². The van der Waals surface area contributed by atoms with Crippen LogP contribution in [0.15, 0.2) is 0 Å². The smallest absolute Gasteiger partial charge is 0.170 e. The average Bonchev–Trinajstić information content (AvgIpc) is 2.12. The summed E-state index contributed by atoms with van der Waals surface area (Å²) < 4.78 is 15.9. The minimum Gasteiger partial charge on any atom is -0.381 e. The van der Waals surface area contributed by atoms with Crippen molar-refractivity contribution in [2.75, 3.05) is 14.2 Å². The van der Waals surface area contributed by atoms with Crippen molar-refractivity contribution in [2.45, 2.75) is 31.5 Å². The second-order valence-corrected chi connectivity index (χ2v) is 3.39. The molecule has 1 saturated heterocycles. The summed E-state index contributed by atoms with van der Waals surface area (Å²) in [5.74, 6) is -0.00120. The lowest BCUT2D eigenvalue weighted by Crippen LogP contribution is -2.57. The summed E-state index contributed by atoms with van der Waals surface area (Å²) in [4.78, 5) is 0. The van der Waals surface area contributed by atoms with E-state index >= 15 is 0 Å². The van der Waals surface area contributed by atoms with Gasteiger partial charge in [-0.2, -0.15) is 0 Å². The highest BCUT2D eigenvalue weighted by molar-refractivity contribution is 4.91. The molecule has 5 unspecified atom stereocenters. The first-order valence-corrected chi connectivity index (χ1v) is 4.41. The molecular formula is C9H18NO3-. The monoisotopic (exact) mass is 188 g/mol. The van der Waals surface area contributed by atoms with Gasteiger partial charge in [0.25, 0.3) is 0 Å². The number of ether oxygens (including phenoxy) is 3. The van der Waals surface area contributed by atoms with Crippen LogP contribution in [0.5, 0.6) is 0 Å². The van der Waals surface area contributed by atoms with Gasteiger partial charge in [0.15, 0.2) is 6.29 Å². The first-order valence-electron chi connectivity index (χ1n) is 4.41. The third kappa shape index (κ3) is 2.02. The molecule has 1 fully saturated rings. The van der Waals surface area contributed by atoms with Crippen LogP contribution in [0.25, 0.3) is 0 Å². The molecule has 0 aromatic heterocycles. The zero-order valence-electron chi connectivity index (χ0n) is 8.40. The van der Waals surface area contributed by atoms with Crippen molar-refractivity contribution < 1.29 is 14.2 Å². The third-order valence-corrected chi connectivity index (χ3v) is 2.55. The lowest BCUT2D eigenvalue weighted by Gasteiger charge is -2.45. The molecule has 0 aliphatic carbocycles. The van der Waals surface area contributed by atoms with Gasteiger partial charge in [0.1, 0.15) is 0 Å². The van der Waals surface area contributed by atoms with E-state index in [9.17, 15) is 0 Å². The second kappa shape index (κ2) is 4.37. The van der Waals surface area contributed by atoms with Crippen LogP contribution >= 0.6 is 0 Å². The van der Waals surface area contributed by atoms with E-state index in [1.807, 2.05) is 6.92 Å². The van der Waals surface area contributed by atoms with Crippen LogP contribution in [0.2, 0.25) is 0 Å². The molecule has 4 heteroatoms. The number of hydrogen-bond acceptors (Lipinski definition) is 4. The van der Waals surface area contributed by atoms with E-state index in [1.54, 1.807) is 14.2 Å². The van der Waals surface area contributed by atoms with Crippen LogP contribution in [0, 0.1) is 12.8 Å². The molecule has 2 N–H and O–H groups in total. The number of nitrogens with two attached hydrogens (primary N) is 1. The molecule has 0 aromatic rings. The summed E-state index contributed by atoms with van der Waals surface area (Å²) in [7, 11) is 3.22. The van der Waals surface area contributed by atoms with Gasteiger partial charge in [-0.1, -0.05) is 0 Å². The normalized spacial score (nSPS) is 46.4. The van der Waals surface area contributed by atoms with Gasteiger partial charge >= 0.3 is 0 Å². The molecule has 78 valence electrons. The molecular weight excluding hydrogens is 170 g/mol. The molecule has 13 heavy (non-hydrogen) atoms. The quantitative estimate of drug-likeness (QED) is 0.628. The lowest BCUT2D eigenvalue weighted by atomic mass is 9.90. The SMILES string of the molecule is [CH2-]C1C(N)C(OC)OC(C)C1OC. The van der Waals surface area contributed by atoms with Crippen molar-refractivity contribution in [2.24, 2.45) is 11.7 Å². The van der Waals surface area contributed by atoms with Crippen LogP contribution in [0.3, 0.4) is 0 Å². The average molecular weight is 188 g/mol. The van der Waals surface area contributed by atoms with Crippen LogP contribution in [0.4, 0.5) is 0 Å². The molecule has 5 atom stereocenters. The molecule has 1 aliphatic rings. The maximum absolute atomic E-state index is 5.87. The summed E-state index contributed by atoms with van der Waals surface area (Å²) in [5, 5.41) is 0. The maximum Gasteiger partial charge on any atom is 0.170 e. The van der Waals surface area contributed by atoms with Gasteiger partial charge in [-0.25, -0.2) is 0 Å². The molecule has 1 heterocycles. The fourth-order valence-corrected chi connectivity index (χ4v) is 1.73. The summed E-state index contributed by atoms with van der Waals surface area (Å²) >= 11 is 0. The van der Waals surface area contributed by atoms with E-state index in [1.165, 1.54) is 0 Å². The second-order valence-electron chi connectivity index (χ2n) is 3.39. The molecule has 1 rings (SSSR count). The Kier molecular flexibility index (Phi) is 3.67. The Morgan fingerprint density at radius 2 is 1.92 bits per heavy atom. The molecule has 0 radical (unpaired) electrons. The third-order valence-electron chi connectivity index (χ3n) is 2.55. The first kappa shape index (κ1) is 10.9. The molecule has 4 nitrogen and oxygen atoms in total. The van der Waals surface area contributed by atoms with E-state index in [-0.39, 0.29) is 30.5 Å². The Morgan fingerprint density at radius 3 is 2.38 bits per heavy atom. The number of hydrogen-bond donors (Lipinski definition) is 1. The molecule has 1 aliphatic heterocycles. The van der Waals surface area contributed by atoms with Gasteiger partial charge in [-0.3, -0.25) is 0 Å². The lowest BCUT2D eigenvalue weighted by molar-refractivity contribution is -0.232. The van der Waals surface area contributed by atoms with Crippen LogP contribution < -0.4 is 5.73 Å². The molecule has 0 aromatic carbocycles. The van der Waals surface area contributed by atoms with Gasteiger partial charge in [0.2, 0.25) is 0 Å². The Morgan fingerprint density at radius 1 is 1.31 bits per heavy atom. The fraction of sp³-hybridized carbons (Fsp3) is 0.889. The minimum atomic E-state index is -0.371. The van der Waals surface area contributed by atoms with Gasteiger partial charge in [-0.15, -0.1) is 5.92 Å². The summed E-state index contributed by atoms with van der Waals surface area (Å²) in [6, 6.07) is -0.230. The van der Waals surface area contributed by atoms with Crippen molar-refractivity contribution in [3.05, 3.63) is 6.92 Å². The highest BCUT2D eigenvalue weighted by Gasteiger charge is 2.36. The minimum absolute atomic E-state index is 0.00120. The maximum atomic E-state index is 5.87. The summed E-state index contributed by atoms with van der Waals surface area (Å²) in [5.41, 5.74) is 5.87. The van der Waals surface area contributed by atoms with Crippen molar-refractivity contribution in [1.29, 1.82) is 0 Å². The highest BCUT2D eigenvalue weighted by Crippen LogP contribution is 2.26. The van der Waals surface area contributed by atoms with E-state index < -0.39 is 0 Å². The van der Waals surface area contributed by atoms with Gasteiger partial charge in [-0.05, 0) is 6.92 Å². The predicted molar refractivity (Wildman–Crippen MR) is 49.0 cm³/mol. The molecule has 0 amide bonds. The van der Waals surface area contributed by atoms with E-state index in [0.29, 0.717) is 0 Å². The van der Waals surface area contributed by atoms with Gasteiger partial charge < -0.3 is 26.9 Å². The Hall–Kier alpha value is -0.160. The topological polar surface area (TPSA) is 53.7 Å². The van der Waals surface area contributed by atoms with Crippen molar-refractivity contribution in [3.8, 4) is 0 Å². The van der Waals surface area contributed by atoms with Crippen molar-refractivity contribution >= 4 is 0 Å². The Bertz CT molecular complexity index is 165. The van der Waals surface area contributed by atoms with E-state index in [0.717, 1.165) is 0 Å². The van der Waals surface area contributed by atoms with E-state index in [4.69, 9.17) is 19.9 Å². The standard InChI is InChI=1S/C9H18NO3/c1-5-7(10)9(12-4)13-6(2)8(5)11-3/h5-9H,1,10H2,2-4H3/q-1. The Balaban J connectivity index is 2.66. The first-order chi connectivity index (χ1) is 6.11. The Labute approximate surface area is 79.3 Å². The number of methoxy groups -OCH3 is 2. The van der Waals surface area contributed by atoms with Gasteiger partial charge in [0.05, 0.1) is 12.2 Å².